The Morgan fingerprint density at radius 1 is 1.21 bits per heavy atom. The second-order valence-corrected chi connectivity index (χ2v) is 4.27. The Kier molecular flexibility index (Phi) is 2.72. The lowest BCUT2D eigenvalue weighted by molar-refractivity contribution is 0.102. The van der Waals surface area contributed by atoms with Gasteiger partial charge in [-0.2, -0.15) is 5.10 Å². The summed E-state index contributed by atoms with van der Waals surface area (Å²) in [7, 11) is 0. The Morgan fingerprint density at radius 3 is 2.84 bits per heavy atom. The number of aryl methyl sites for hydroxylation is 1. The highest BCUT2D eigenvalue weighted by Gasteiger charge is 2.10. The van der Waals surface area contributed by atoms with Gasteiger partial charge in [-0.05, 0) is 19.1 Å². The van der Waals surface area contributed by atoms with Gasteiger partial charge in [0.1, 0.15) is 11.5 Å². The first kappa shape index (κ1) is 11.4. The van der Waals surface area contributed by atoms with Crippen LogP contribution in [0.1, 0.15) is 16.1 Å². The number of aromatic nitrogens is 3. The largest absolute Gasteiger partial charge is 0.305 e. The molecule has 19 heavy (non-hydrogen) atoms. The number of amides is 1. The average molecular weight is 252 g/mol. The number of nitrogens with one attached hydrogen (secondary N) is 2. The molecular formula is C14H12N4O. The first-order valence-electron chi connectivity index (χ1n) is 5.91. The fourth-order valence-electron chi connectivity index (χ4n) is 1.84. The number of anilines is 1. The number of hydrogen-bond acceptors (Lipinski definition) is 3. The minimum Gasteiger partial charge on any atom is -0.305 e. The number of carbonyl (C=O) groups is 1. The van der Waals surface area contributed by atoms with Gasteiger partial charge >= 0.3 is 0 Å². The summed E-state index contributed by atoms with van der Waals surface area (Å²) in [6.45, 7) is 1.87. The van der Waals surface area contributed by atoms with E-state index >= 15 is 0 Å². The number of H-pyrrole nitrogens is 1. The number of carbonyl (C=O) groups excluding carboxylic acids is 1. The number of aromatic amines is 1. The van der Waals surface area contributed by atoms with E-state index in [1.807, 2.05) is 37.3 Å². The molecule has 0 fully saturated rings. The molecule has 0 aliphatic carbocycles. The smallest absolute Gasteiger partial charge is 0.275 e. The summed E-state index contributed by atoms with van der Waals surface area (Å²) in [4.78, 5) is 16.4. The van der Waals surface area contributed by atoms with Gasteiger partial charge in [0.05, 0.1) is 11.7 Å². The quantitative estimate of drug-likeness (QED) is 0.736. The average Bonchev–Trinajstić information content (AvgIpc) is 2.84. The van der Waals surface area contributed by atoms with Crippen LogP contribution in [-0.4, -0.2) is 21.1 Å². The van der Waals surface area contributed by atoms with Crippen molar-refractivity contribution in [2.45, 2.75) is 6.92 Å². The lowest BCUT2D eigenvalue weighted by atomic mass is 10.2. The number of hydrogen-bond donors (Lipinski definition) is 2. The van der Waals surface area contributed by atoms with E-state index in [0.29, 0.717) is 11.5 Å². The van der Waals surface area contributed by atoms with Gasteiger partial charge in [0.15, 0.2) is 0 Å². The molecule has 2 N–H and O–H groups in total. The molecule has 0 unspecified atom stereocenters. The standard InChI is InChI=1S/C14H12N4O/c1-9-8-15-18-13(9)17-14(19)12-7-6-10-4-2-3-5-11(10)16-12/h2-8H,1H3,(H2,15,17,18,19). The molecule has 5 heteroatoms. The van der Waals surface area contributed by atoms with Gasteiger partial charge in [0.25, 0.3) is 5.91 Å². The summed E-state index contributed by atoms with van der Waals surface area (Å²) in [5.41, 5.74) is 2.07. The maximum absolute atomic E-state index is 12.1. The van der Waals surface area contributed by atoms with Gasteiger partial charge in [0, 0.05) is 10.9 Å². The van der Waals surface area contributed by atoms with Crippen LogP contribution in [0.5, 0.6) is 0 Å². The van der Waals surface area contributed by atoms with Gasteiger partial charge < -0.3 is 5.32 Å². The van der Waals surface area contributed by atoms with Crippen LogP contribution >= 0.6 is 0 Å². The molecule has 2 aromatic heterocycles. The third-order valence-corrected chi connectivity index (χ3v) is 2.90. The monoisotopic (exact) mass is 252 g/mol. The van der Waals surface area contributed by atoms with Gasteiger partial charge in [-0.15, -0.1) is 0 Å². The molecule has 1 amide bonds. The SMILES string of the molecule is Cc1cn[nH]c1NC(=O)c1ccc2ccccc2n1. The van der Waals surface area contributed by atoms with Gasteiger partial charge in [-0.25, -0.2) is 4.98 Å². The first-order valence-corrected chi connectivity index (χ1v) is 5.91. The van der Waals surface area contributed by atoms with Crippen LogP contribution in [0.15, 0.2) is 42.6 Å². The highest BCUT2D eigenvalue weighted by Crippen LogP contribution is 2.14. The molecule has 0 saturated carbocycles. The van der Waals surface area contributed by atoms with Crippen molar-refractivity contribution in [2.24, 2.45) is 0 Å². The van der Waals surface area contributed by atoms with E-state index < -0.39 is 0 Å². The van der Waals surface area contributed by atoms with E-state index in [9.17, 15) is 4.79 Å². The van der Waals surface area contributed by atoms with E-state index in [1.165, 1.54) is 0 Å². The number of para-hydroxylation sites is 1. The fourth-order valence-corrected chi connectivity index (χ4v) is 1.84. The van der Waals surface area contributed by atoms with Crippen molar-refractivity contribution >= 4 is 22.6 Å². The molecule has 0 bridgehead atoms. The summed E-state index contributed by atoms with van der Waals surface area (Å²) in [5, 5.41) is 10.4. The molecule has 2 heterocycles. The van der Waals surface area contributed by atoms with E-state index in [1.54, 1.807) is 12.3 Å². The number of rotatable bonds is 2. The predicted octanol–water partition coefficient (Wildman–Crippen LogP) is 2.52. The third-order valence-electron chi connectivity index (χ3n) is 2.90. The third kappa shape index (κ3) is 2.18. The summed E-state index contributed by atoms with van der Waals surface area (Å²) < 4.78 is 0. The molecule has 94 valence electrons. The highest BCUT2D eigenvalue weighted by atomic mass is 16.1. The fraction of sp³-hybridized carbons (Fsp3) is 0.0714. The molecular weight excluding hydrogens is 240 g/mol. The summed E-state index contributed by atoms with van der Waals surface area (Å²) >= 11 is 0. The molecule has 0 atom stereocenters. The van der Waals surface area contributed by atoms with Crippen LogP contribution in [0.4, 0.5) is 5.82 Å². The Balaban J connectivity index is 1.91. The maximum Gasteiger partial charge on any atom is 0.275 e. The van der Waals surface area contributed by atoms with Gasteiger partial charge in [-0.1, -0.05) is 24.3 Å². The molecule has 3 aromatic rings. The molecule has 0 aliphatic rings. The zero-order valence-corrected chi connectivity index (χ0v) is 10.3. The van der Waals surface area contributed by atoms with Crippen LogP contribution in [0.3, 0.4) is 0 Å². The van der Waals surface area contributed by atoms with Crippen molar-refractivity contribution in [2.75, 3.05) is 5.32 Å². The van der Waals surface area contributed by atoms with Crippen LogP contribution in [0, 0.1) is 6.92 Å². The van der Waals surface area contributed by atoms with E-state index in [-0.39, 0.29) is 5.91 Å². The van der Waals surface area contributed by atoms with Crippen molar-refractivity contribution in [3.8, 4) is 0 Å². The van der Waals surface area contributed by atoms with Crippen molar-refractivity contribution in [1.29, 1.82) is 0 Å². The molecule has 0 radical (unpaired) electrons. The molecule has 0 spiro atoms. The first-order chi connectivity index (χ1) is 9.24. The van der Waals surface area contributed by atoms with Crippen molar-refractivity contribution in [3.05, 3.63) is 53.9 Å². The van der Waals surface area contributed by atoms with Crippen molar-refractivity contribution in [1.82, 2.24) is 15.2 Å². The number of benzene rings is 1. The van der Waals surface area contributed by atoms with E-state index in [0.717, 1.165) is 16.5 Å². The summed E-state index contributed by atoms with van der Waals surface area (Å²) in [5.74, 6) is 0.345. The van der Waals surface area contributed by atoms with Crippen LogP contribution < -0.4 is 5.32 Å². The zero-order chi connectivity index (χ0) is 13.2. The van der Waals surface area contributed by atoms with Gasteiger partial charge in [-0.3, -0.25) is 9.89 Å². The van der Waals surface area contributed by atoms with Crippen LogP contribution in [0.25, 0.3) is 10.9 Å². The molecule has 5 nitrogen and oxygen atoms in total. The second kappa shape index (κ2) is 4.53. The van der Waals surface area contributed by atoms with E-state index in [4.69, 9.17) is 0 Å². The molecule has 0 aliphatic heterocycles. The number of nitrogens with zero attached hydrogens (tertiary/aromatic N) is 2. The Bertz CT molecular complexity index is 748. The number of pyridine rings is 1. The molecule has 1 aromatic carbocycles. The van der Waals surface area contributed by atoms with Crippen molar-refractivity contribution in [3.63, 3.8) is 0 Å². The van der Waals surface area contributed by atoms with Crippen LogP contribution in [0.2, 0.25) is 0 Å². The molecule has 0 saturated heterocycles. The van der Waals surface area contributed by atoms with Gasteiger partial charge in [0.2, 0.25) is 0 Å². The van der Waals surface area contributed by atoms with E-state index in [2.05, 4.69) is 20.5 Å². The summed E-state index contributed by atoms with van der Waals surface area (Å²) in [6.07, 6.45) is 1.66. The topological polar surface area (TPSA) is 70.7 Å². The number of fused-ring (bicyclic) bond motifs is 1. The van der Waals surface area contributed by atoms with Crippen LogP contribution in [-0.2, 0) is 0 Å². The minimum atomic E-state index is -0.252. The Labute approximate surface area is 109 Å². The van der Waals surface area contributed by atoms with Crippen molar-refractivity contribution < 1.29 is 4.79 Å². The maximum atomic E-state index is 12.1. The predicted molar refractivity (Wildman–Crippen MR) is 73.0 cm³/mol. The highest BCUT2D eigenvalue weighted by molar-refractivity contribution is 6.03. The normalized spacial score (nSPS) is 10.6. The Hall–Kier alpha value is -2.69. The second-order valence-electron chi connectivity index (χ2n) is 4.27. The lowest BCUT2D eigenvalue weighted by Crippen LogP contribution is -2.14. The Morgan fingerprint density at radius 2 is 2.05 bits per heavy atom. The zero-order valence-electron chi connectivity index (χ0n) is 10.3. The molecule has 3 rings (SSSR count). The lowest BCUT2D eigenvalue weighted by Gasteiger charge is -2.04. The summed E-state index contributed by atoms with van der Waals surface area (Å²) in [6, 6.07) is 11.3. The minimum absolute atomic E-state index is 0.252.